The van der Waals surface area contributed by atoms with Crippen LogP contribution in [0.4, 0.5) is 0 Å². The molecule has 0 saturated heterocycles. The fraction of sp³-hybridized carbons (Fsp3) is 0.286. The molecule has 0 aliphatic heterocycles. The number of hydrazine groups is 1. The molecule has 2 rings (SSSR count). The Morgan fingerprint density at radius 2 is 1.88 bits per heavy atom. The number of thioether (sulfide) groups is 1. The van der Waals surface area contributed by atoms with E-state index in [1.807, 2.05) is 14.0 Å². The third-order valence-electron chi connectivity index (χ3n) is 2.91. The van der Waals surface area contributed by atoms with Gasteiger partial charge >= 0.3 is 0 Å². The molecule has 0 unspecified atom stereocenters. The Kier molecular flexibility index (Phi) is 6.44. The molecule has 0 fully saturated rings. The van der Waals surface area contributed by atoms with Gasteiger partial charge < -0.3 is 9.30 Å². The van der Waals surface area contributed by atoms with Crippen molar-refractivity contribution in [3.05, 3.63) is 35.1 Å². The average Bonchev–Trinajstić information content (AvgIpc) is 2.89. The predicted octanol–water partition coefficient (Wildman–Crippen LogP) is 1.10. The third-order valence-corrected chi connectivity index (χ3v) is 4.18. The zero-order valence-corrected chi connectivity index (χ0v) is 14.6. The zero-order chi connectivity index (χ0) is 17.5. The number of carbonyl (C=O) groups excluding carboxylic acids is 2. The van der Waals surface area contributed by atoms with E-state index in [4.69, 9.17) is 16.3 Å². The van der Waals surface area contributed by atoms with Crippen molar-refractivity contribution in [2.75, 3.05) is 12.4 Å². The van der Waals surface area contributed by atoms with E-state index in [0.29, 0.717) is 15.9 Å². The van der Waals surface area contributed by atoms with E-state index in [1.165, 1.54) is 11.8 Å². The number of hydrogen-bond acceptors (Lipinski definition) is 6. The van der Waals surface area contributed by atoms with Crippen molar-refractivity contribution in [2.45, 2.75) is 12.1 Å². The molecule has 0 atom stereocenters. The molecule has 0 bridgehead atoms. The molecule has 1 aromatic heterocycles. The van der Waals surface area contributed by atoms with Gasteiger partial charge in [0.25, 0.3) is 5.91 Å². The molecule has 8 nitrogen and oxygen atoms in total. The summed E-state index contributed by atoms with van der Waals surface area (Å²) in [4.78, 5) is 23.3. The van der Waals surface area contributed by atoms with Crippen LogP contribution in [0.25, 0.3) is 0 Å². The number of hydrogen-bond donors (Lipinski definition) is 2. The Bertz CT molecular complexity index is 720. The molecule has 0 aliphatic rings. The Balaban J connectivity index is 1.66. The number of ether oxygens (including phenoxy) is 1. The lowest BCUT2D eigenvalue weighted by atomic mass is 10.3. The quantitative estimate of drug-likeness (QED) is 0.584. The molecular weight excluding hydrogens is 354 g/mol. The summed E-state index contributed by atoms with van der Waals surface area (Å²) in [6, 6.07) is 6.60. The van der Waals surface area contributed by atoms with Gasteiger partial charge in [0.2, 0.25) is 5.91 Å². The van der Waals surface area contributed by atoms with Gasteiger partial charge in [-0.05, 0) is 31.2 Å². The standard InChI is InChI=1S/C14H16ClN5O3S/c1-9-16-19-14(20(9)2)24-8-13(22)18-17-12(21)7-23-11-5-3-10(15)4-6-11/h3-6H,7-8H2,1-2H3,(H,17,21)(H,18,22). The maximum atomic E-state index is 11.7. The number of amides is 2. The normalized spacial score (nSPS) is 10.3. The number of aromatic nitrogens is 3. The lowest BCUT2D eigenvalue weighted by molar-refractivity contribution is -0.128. The van der Waals surface area contributed by atoms with Gasteiger partial charge in [-0.1, -0.05) is 23.4 Å². The Hall–Kier alpha value is -2.26. The van der Waals surface area contributed by atoms with Gasteiger partial charge in [0.1, 0.15) is 11.6 Å². The summed E-state index contributed by atoms with van der Waals surface area (Å²) in [5.74, 6) is 0.530. The van der Waals surface area contributed by atoms with Crippen LogP contribution in [0, 0.1) is 6.92 Å². The second kappa shape index (κ2) is 8.55. The van der Waals surface area contributed by atoms with Crippen LogP contribution in [0.3, 0.4) is 0 Å². The van der Waals surface area contributed by atoms with Crippen LogP contribution >= 0.6 is 23.4 Å². The summed E-state index contributed by atoms with van der Waals surface area (Å²) in [5.41, 5.74) is 4.58. The number of carbonyl (C=O) groups is 2. The summed E-state index contributed by atoms with van der Waals surface area (Å²) in [5, 5.41) is 9.03. The van der Waals surface area contributed by atoms with Crippen molar-refractivity contribution in [3.63, 3.8) is 0 Å². The van der Waals surface area contributed by atoms with E-state index in [1.54, 1.807) is 28.8 Å². The summed E-state index contributed by atoms with van der Waals surface area (Å²) in [6.45, 7) is 1.59. The first-order valence-electron chi connectivity index (χ1n) is 6.90. The molecule has 0 radical (unpaired) electrons. The van der Waals surface area contributed by atoms with Gasteiger partial charge in [0, 0.05) is 12.1 Å². The van der Waals surface area contributed by atoms with Crippen molar-refractivity contribution in [1.29, 1.82) is 0 Å². The Morgan fingerprint density at radius 3 is 2.50 bits per heavy atom. The van der Waals surface area contributed by atoms with Crippen LogP contribution in [-0.4, -0.2) is 38.9 Å². The van der Waals surface area contributed by atoms with Gasteiger partial charge in [-0.15, -0.1) is 10.2 Å². The minimum absolute atomic E-state index is 0.101. The molecule has 10 heteroatoms. The first kappa shape index (κ1) is 18.1. The van der Waals surface area contributed by atoms with Gasteiger partial charge in [0.15, 0.2) is 11.8 Å². The van der Waals surface area contributed by atoms with Crippen LogP contribution < -0.4 is 15.6 Å². The largest absolute Gasteiger partial charge is 0.484 e. The van der Waals surface area contributed by atoms with Crippen molar-refractivity contribution in [2.24, 2.45) is 7.05 Å². The number of benzene rings is 1. The molecule has 1 aromatic carbocycles. The minimum Gasteiger partial charge on any atom is -0.484 e. The smallest absolute Gasteiger partial charge is 0.276 e. The van der Waals surface area contributed by atoms with Crippen molar-refractivity contribution in [3.8, 4) is 5.75 Å². The van der Waals surface area contributed by atoms with Crippen molar-refractivity contribution in [1.82, 2.24) is 25.6 Å². The van der Waals surface area contributed by atoms with Gasteiger partial charge in [-0.25, -0.2) is 0 Å². The molecule has 0 saturated carbocycles. The van der Waals surface area contributed by atoms with E-state index < -0.39 is 5.91 Å². The monoisotopic (exact) mass is 369 g/mol. The van der Waals surface area contributed by atoms with Crippen LogP contribution in [-0.2, 0) is 16.6 Å². The van der Waals surface area contributed by atoms with Crippen molar-refractivity contribution < 1.29 is 14.3 Å². The van der Waals surface area contributed by atoms with E-state index in [2.05, 4.69) is 21.0 Å². The molecule has 2 amide bonds. The fourth-order valence-electron chi connectivity index (χ4n) is 1.53. The molecule has 1 heterocycles. The lowest BCUT2D eigenvalue weighted by Crippen LogP contribution is -2.44. The molecule has 24 heavy (non-hydrogen) atoms. The van der Waals surface area contributed by atoms with Crippen LogP contribution in [0.5, 0.6) is 5.75 Å². The fourth-order valence-corrected chi connectivity index (χ4v) is 2.42. The summed E-state index contributed by atoms with van der Waals surface area (Å²) < 4.78 is 7.03. The highest BCUT2D eigenvalue weighted by Gasteiger charge is 2.10. The van der Waals surface area contributed by atoms with Crippen LogP contribution in [0.1, 0.15) is 5.82 Å². The molecule has 2 aromatic rings. The highest BCUT2D eigenvalue weighted by Crippen LogP contribution is 2.15. The number of aryl methyl sites for hydroxylation is 1. The van der Waals surface area contributed by atoms with E-state index in [-0.39, 0.29) is 18.3 Å². The van der Waals surface area contributed by atoms with E-state index in [0.717, 1.165) is 5.82 Å². The minimum atomic E-state index is -0.474. The van der Waals surface area contributed by atoms with Crippen molar-refractivity contribution >= 4 is 35.2 Å². The summed E-state index contributed by atoms with van der Waals surface area (Å²) >= 11 is 6.97. The molecular formula is C14H16ClN5O3S. The summed E-state index contributed by atoms with van der Waals surface area (Å²) in [7, 11) is 1.81. The maximum absolute atomic E-state index is 11.7. The van der Waals surface area contributed by atoms with Gasteiger partial charge in [-0.2, -0.15) is 0 Å². The maximum Gasteiger partial charge on any atom is 0.276 e. The topological polar surface area (TPSA) is 98.1 Å². The predicted molar refractivity (Wildman–Crippen MR) is 89.7 cm³/mol. The molecule has 0 aliphatic carbocycles. The van der Waals surface area contributed by atoms with Gasteiger partial charge in [0.05, 0.1) is 5.75 Å². The SMILES string of the molecule is Cc1nnc(SCC(=O)NNC(=O)COc2ccc(Cl)cc2)n1C. The van der Waals surface area contributed by atoms with Crippen LogP contribution in [0.15, 0.2) is 29.4 Å². The number of rotatable bonds is 6. The molecule has 2 N–H and O–H groups in total. The van der Waals surface area contributed by atoms with Gasteiger partial charge in [-0.3, -0.25) is 20.4 Å². The number of nitrogens with one attached hydrogen (secondary N) is 2. The highest BCUT2D eigenvalue weighted by molar-refractivity contribution is 7.99. The second-order valence-corrected chi connectivity index (χ2v) is 6.10. The second-order valence-electron chi connectivity index (χ2n) is 4.72. The number of nitrogens with zero attached hydrogens (tertiary/aromatic N) is 3. The molecule has 0 spiro atoms. The average molecular weight is 370 g/mol. The lowest BCUT2D eigenvalue weighted by Gasteiger charge is -2.08. The van der Waals surface area contributed by atoms with Crippen LogP contribution in [0.2, 0.25) is 5.02 Å². The summed E-state index contributed by atoms with van der Waals surface area (Å²) in [6.07, 6.45) is 0. The number of halogens is 1. The highest BCUT2D eigenvalue weighted by atomic mass is 35.5. The molecule has 128 valence electrons. The Morgan fingerprint density at radius 1 is 1.21 bits per heavy atom. The van der Waals surface area contributed by atoms with E-state index >= 15 is 0 Å². The van der Waals surface area contributed by atoms with E-state index in [9.17, 15) is 9.59 Å². The third kappa shape index (κ3) is 5.43. The Labute approximate surface area is 147 Å². The zero-order valence-electron chi connectivity index (χ0n) is 13.1. The first-order valence-corrected chi connectivity index (χ1v) is 8.27. The first-order chi connectivity index (χ1) is 11.5.